The number of aliphatic hydroxyl groups excluding tert-OH is 1. The second kappa shape index (κ2) is 4.39. The van der Waals surface area contributed by atoms with E-state index in [4.69, 9.17) is 5.11 Å². The average Bonchev–Trinajstić information content (AvgIpc) is 2.44. The third kappa shape index (κ3) is 3.09. The summed E-state index contributed by atoms with van der Waals surface area (Å²) in [5, 5.41) is 18.8. The molecule has 0 bridgehead atoms. The van der Waals surface area contributed by atoms with Gasteiger partial charge in [-0.1, -0.05) is 6.42 Å². The molecular weight excluding hydrogens is 194 g/mol. The van der Waals surface area contributed by atoms with E-state index in [2.05, 4.69) is 0 Å². The normalized spacial score (nSPS) is 26.7. The molecule has 2 N–H and O–H groups in total. The van der Waals surface area contributed by atoms with E-state index in [1.54, 1.807) is 0 Å². The highest BCUT2D eigenvalue weighted by Crippen LogP contribution is 2.28. The maximum absolute atomic E-state index is 11.1. The first-order valence-corrected chi connectivity index (χ1v) is 5.51. The number of amides is 1. The molecule has 88 valence electrons. The lowest BCUT2D eigenvalue weighted by Crippen LogP contribution is -2.48. The molecule has 2 unspecified atom stereocenters. The summed E-state index contributed by atoms with van der Waals surface area (Å²) in [6.07, 6.45) is 1.52. The second-order valence-corrected chi connectivity index (χ2v) is 5.32. The van der Waals surface area contributed by atoms with Gasteiger partial charge in [0.1, 0.15) is 0 Å². The van der Waals surface area contributed by atoms with E-state index in [9.17, 15) is 9.90 Å². The van der Waals surface area contributed by atoms with Gasteiger partial charge in [-0.3, -0.25) is 0 Å². The van der Waals surface area contributed by atoms with Crippen molar-refractivity contribution in [2.24, 2.45) is 5.92 Å². The van der Waals surface area contributed by atoms with Crippen LogP contribution < -0.4 is 0 Å². The van der Waals surface area contributed by atoms with Crippen molar-refractivity contribution in [3.63, 3.8) is 0 Å². The zero-order valence-electron chi connectivity index (χ0n) is 9.73. The van der Waals surface area contributed by atoms with Crippen LogP contribution in [-0.4, -0.2) is 39.4 Å². The van der Waals surface area contributed by atoms with Crippen LogP contribution in [0.1, 0.15) is 40.0 Å². The molecule has 1 fully saturated rings. The van der Waals surface area contributed by atoms with Crippen LogP contribution in [0.4, 0.5) is 4.79 Å². The quantitative estimate of drug-likeness (QED) is 0.740. The fourth-order valence-electron chi connectivity index (χ4n) is 2.10. The number of carboxylic acid groups (broad SMARTS) is 1. The number of rotatable bonds is 2. The summed E-state index contributed by atoms with van der Waals surface area (Å²) in [4.78, 5) is 12.5. The Morgan fingerprint density at radius 2 is 2.00 bits per heavy atom. The van der Waals surface area contributed by atoms with E-state index in [0.717, 1.165) is 19.3 Å². The molecule has 15 heavy (non-hydrogen) atoms. The molecule has 0 aromatic carbocycles. The Balaban J connectivity index is 2.63. The lowest BCUT2D eigenvalue weighted by atomic mass is 10.0. The fourth-order valence-corrected chi connectivity index (χ4v) is 2.10. The van der Waals surface area contributed by atoms with E-state index in [0.29, 0.717) is 6.54 Å². The number of aliphatic hydroxyl groups is 1. The largest absolute Gasteiger partial charge is 0.465 e. The first kappa shape index (κ1) is 12.3. The minimum absolute atomic E-state index is 0.111. The van der Waals surface area contributed by atoms with Crippen LogP contribution in [0, 0.1) is 5.92 Å². The van der Waals surface area contributed by atoms with Crippen LogP contribution in [0.15, 0.2) is 0 Å². The standard InChI is InChI=1S/C11H21NO3/c1-11(2,3)12(10(14)15)7-8-5-4-6-9(8)13/h8-9,13H,4-7H2,1-3H3,(H,14,15). The van der Waals surface area contributed by atoms with Crippen LogP contribution >= 0.6 is 0 Å². The molecule has 1 aliphatic carbocycles. The van der Waals surface area contributed by atoms with Crippen molar-refractivity contribution < 1.29 is 15.0 Å². The van der Waals surface area contributed by atoms with E-state index in [-0.39, 0.29) is 12.0 Å². The van der Waals surface area contributed by atoms with Crippen LogP contribution in [-0.2, 0) is 0 Å². The Morgan fingerprint density at radius 3 is 2.33 bits per heavy atom. The van der Waals surface area contributed by atoms with Gasteiger partial charge in [-0.05, 0) is 33.6 Å². The van der Waals surface area contributed by atoms with Crippen LogP contribution in [0.5, 0.6) is 0 Å². The zero-order chi connectivity index (χ0) is 11.6. The highest BCUT2D eigenvalue weighted by molar-refractivity contribution is 5.66. The van der Waals surface area contributed by atoms with Gasteiger partial charge in [-0.2, -0.15) is 0 Å². The van der Waals surface area contributed by atoms with E-state index in [1.807, 2.05) is 20.8 Å². The Morgan fingerprint density at radius 1 is 1.40 bits per heavy atom. The third-order valence-electron chi connectivity index (χ3n) is 3.08. The minimum atomic E-state index is -0.901. The summed E-state index contributed by atoms with van der Waals surface area (Å²) in [5.41, 5.74) is -0.395. The molecule has 1 rings (SSSR count). The molecule has 1 amide bonds. The molecule has 0 aromatic rings. The van der Waals surface area contributed by atoms with Gasteiger partial charge >= 0.3 is 6.09 Å². The van der Waals surface area contributed by atoms with Crippen LogP contribution in [0.3, 0.4) is 0 Å². The number of nitrogens with zero attached hydrogens (tertiary/aromatic N) is 1. The molecule has 0 aromatic heterocycles. The lowest BCUT2D eigenvalue weighted by Gasteiger charge is -2.35. The lowest BCUT2D eigenvalue weighted by molar-refractivity contribution is 0.0599. The molecule has 0 saturated heterocycles. The van der Waals surface area contributed by atoms with Crippen molar-refractivity contribution in [3.05, 3.63) is 0 Å². The average molecular weight is 215 g/mol. The van der Waals surface area contributed by atoms with Gasteiger partial charge < -0.3 is 15.1 Å². The van der Waals surface area contributed by atoms with Gasteiger partial charge in [0.25, 0.3) is 0 Å². The van der Waals surface area contributed by atoms with Crippen molar-refractivity contribution in [1.82, 2.24) is 4.90 Å². The van der Waals surface area contributed by atoms with E-state index >= 15 is 0 Å². The maximum Gasteiger partial charge on any atom is 0.407 e. The molecule has 0 aliphatic heterocycles. The van der Waals surface area contributed by atoms with Gasteiger partial charge in [0.2, 0.25) is 0 Å². The SMILES string of the molecule is CC(C)(C)N(CC1CCCC1O)C(=O)O. The predicted molar refractivity (Wildman–Crippen MR) is 57.8 cm³/mol. The topological polar surface area (TPSA) is 60.8 Å². The molecule has 0 spiro atoms. The smallest absolute Gasteiger partial charge is 0.407 e. The molecule has 4 nitrogen and oxygen atoms in total. The summed E-state index contributed by atoms with van der Waals surface area (Å²) in [5.74, 6) is 0.111. The molecule has 0 heterocycles. The van der Waals surface area contributed by atoms with Gasteiger partial charge in [-0.25, -0.2) is 4.79 Å². The van der Waals surface area contributed by atoms with Crippen molar-refractivity contribution in [3.8, 4) is 0 Å². The van der Waals surface area contributed by atoms with Crippen molar-refractivity contribution in [2.45, 2.75) is 51.7 Å². The second-order valence-electron chi connectivity index (χ2n) is 5.32. The zero-order valence-corrected chi connectivity index (χ0v) is 9.73. The summed E-state index contributed by atoms with van der Waals surface area (Å²) in [7, 11) is 0. The first-order valence-electron chi connectivity index (χ1n) is 5.51. The summed E-state index contributed by atoms with van der Waals surface area (Å²) >= 11 is 0. The Hall–Kier alpha value is -0.770. The van der Waals surface area contributed by atoms with Gasteiger partial charge in [0, 0.05) is 18.0 Å². The highest BCUT2D eigenvalue weighted by Gasteiger charge is 2.33. The third-order valence-corrected chi connectivity index (χ3v) is 3.08. The highest BCUT2D eigenvalue weighted by atomic mass is 16.4. The maximum atomic E-state index is 11.1. The number of carbonyl (C=O) groups is 1. The van der Waals surface area contributed by atoms with Crippen molar-refractivity contribution >= 4 is 6.09 Å². The summed E-state index contributed by atoms with van der Waals surface area (Å²) in [6, 6.07) is 0. The monoisotopic (exact) mass is 215 g/mol. The van der Waals surface area contributed by atoms with Crippen LogP contribution in [0.2, 0.25) is 0 Å². The van der Waals surface area contributed by atoms with E-state index in [1.165, 1.54) is 4.90 Å². The molecule has 2 atom stereocenters. The minimum Gasteiger partial charge on any atom is -0.465 e. The van der Waals surface area contributed by atoms with Crippen LogP contribution in [0.25, 0.3) is 0 Å². The fraction of sp³-hybridized carbons (Fsp3) is 0.909. The van der Waals surface area contributed by atoms with Crippen molar-refractivity contribution in [1.29, 1.82) is 0 Å². The van der Waals surface area contributed by atoms with E-state index < -0.39 is 11.6 Å². The number of hydrogen-bond donors (Lipinski definition) is 2. The molecule has 1 aliphatic rings. The van der Waals surface area contributed by atoms with Gasteiger partial charge in [-0.15, -0.1) is 0 Å². The first-order chi connectivity index (χ1) is 6.82. The van der Waals surface area contributed by atoms with Crippen molar-refractivity contribution in [2.75, 3.05) is 6.54 Å². The molecule has 1 saturated carbocycles. The molecular formula is C11H21NO3. The van der Waals surface area contributed by atoms with Gasteiger partial charge in [0.15, 0.2) is 0 Å². The Labute approximate surface area is 90.9 Å². The van der Waals surface area contributed by atoms with Gasteiger partial charge in [0.05, 0.1) is 6.10 Å². The Bertz CT molecular complexity index is 234. The molecule has 0 radical (unpaired) electrons. The summed E-state index contributed by atoms with van der Waals surface area (Å²) < 4.78 is 0. The number of hydrogen-bond acceptors (Lipinski definition) is 2. The summed E-state index contributed by atoms with van der Waals surface area (Å²) in [6.45, 7) is 6.08. The Kier molecular flexibility index (Phi) is 3.60. The predicted octanol–water partition coefficient (Wildman–Crippen LogP) is 1.93. The molecule has 4 heteroatoms.